The van der Waals surface area contributed by atoms with E-state index in [1.165, 1.54) is 19.3 Å². The number of ether oxygens (including phenoxy) is 1. The van der Waals surface area contributed by atoms with E-state index in [1.54, 1.807) is 6.20 Å². The summed E-state index contributed by atoms with van der Waals surface area (Å²) in [5, 5.41) is 3.13. The number of morpholine rings is 1. The summed E-state index contributed by atoms with van der Waals surface area (Å²) in [6, 6.07) is 3.73. The number of amides is 1. The Morgan fingerprint density at radius 2 is 1.92 bits per heavy atom. The molecule has 6 nitrogen and oxygen atoms in total. The van der Waals surface area contributed by atoms with Crippen molar-refractivity contribution < 1.29 is 9.53 Å². The topological polar surface area (TPSA) is 57.7 Å². The molecule has 1 amide bonds. The minimum absolute atomic E-state index is 0.0324. The van der Waals surface area contributed by atoms with Crippen LogP contribution in [0.3, 0.4) is 0 Å². The van der Waals surface area contributed by atoms with Gasteiger partial charge in [-0.25, -0.2) is 4.98 Å². The van der Waals surface area contributed by atoms with Gasteiger partial charge >= 0.3 is 0 Å². The summed E-state index contributed by atoms with van der Waals surface area (Å²) in [6.07, 6.45) is 5.38. The first-order valence-corrected chi connectivity index (χ1v) is 9.39. The molecular weight excluding hydrogens is 316 g/mol. The third-order valence-electron chi connectivity index (χ3n) is 5.24. The van der Waals surface area contributed by atoms with Crippen molar-refractivity contribution in [1.29, 1.82) is 0 Å². The second-order valence-electron chi connectivity index (χ2n) is 7.52. The van der Waals surface area contributed by atoms with E-state index in [0.29, 0.717) is 12.1 Å². The Morgan fingerprint density at radius 3 is 2.64 bits per heavy atom. The highest BCUT2D eigenvalue weighted by molar-refractivity contribution is 5.98. The molecule has 0 unspecified atom stereocenters. The zero-order valence-electron chi connectivity index (χ0n) is 15.5. The molecule has 1 N–H and O–H groups in total. The van der Waals surface area contributed by atoms with Crippen molar-refractivity contribution in [3.8, 4) is 0 Å². The molecule has 2 aliphatic rings. The summed E-state index contributed by atoms with van der Waals surface area (Å²) < 4.78 is 5.43. The molecule has 3 rings (SSSR count). The molecule has 2 saturated heterocycles. The van der Waals surface area contributed by atoms with Crippen molar-refractivity contribution in [2.45, 2.75) is 38.6 Å². The van der Waals surface area contributed by atoms with E-state index >= 15 is 0 Å². The highest BCUT2D eigenvalue weighted by Crippen LogP contribution is 2.22. The Morgan fingerprint density at radius 1 is 1.20 bits per heavy atom. The monoisotopic (exact) mass is 346 g/mol. The Hall–Kier alpha value is -1.66. The summed E-state index contributed by atoms with van der Waals surface area (Å²) in [7, 11) is 0. The minimum atomic E-state index is -0.0903. The molecule has 0 bridgehead atoms. The van der Waals surface area contributed by atoms with Crippen LogP contribution in [-0.4, -0.2) is 67.3 Å². The average Bonchev–Trinajstić information content (AvgIpc) is 2.67. The Labute approximate surface area is 150 Å². The Balaban J connectivity index is 1.65. The molecule has 1 aromatic heterocycles. The van der Waals surface area contributed by atoms with E-state index < -0.39 is 0 Å². The summed E-state index contributed by atoms with van der Waals surface area (Å²) >= 11 is 0. The van der Waals surface area contributed by atoms with Gasteiger partial charge in [0.05, 0.1) is 18.8 Å². The summed E-state index contributed by atoms with van der Waals surface area (Å²) in [5.74, 6) is 0.791. The zero-order chi connectivity index (χ0) is 17.7. The van der Waals surface area contributed by atoms with Crippen LogP contribution >= 0.6 is 0 Å². The van der Waals surface area contributed by atoms with Crippen LogP contribution in [0.1, 0.15) is 43.5 Å². The average molecular weight is 346 g/mol. The van der Waals surface area contributed by atoms with Gasteiger partial charge in [0.15, 0.2) is 0 Å². The molecular formula is C19H30N4O2. The van der Waals surface area contributed by atoms with Gasteiger partial charge in [0, 0.05) is 44.5 Å². The lowest BCUT2D eigenvalue weighted by molar-refractivity contribution is -0.00923. The van der Waals surface area contributed by atoms with Crippen molar-refractivity contribution in [2.75, 3.05) is 50.8 Å². The van der Waals surface area contributed by atoms with Crippen LogP contribution in [0.5, 0.6) is 0 Å². The van der Waals surface area contributed by atoms with Gasteiger partial charge in [0.1, 0.15) is 5.82 Å². The predicted octanol–water partition coefficient (Wildman–Crippen LogP) is 1.91. The van der Waals surface area contributed by atoms with Crippen molar-refractivity contribution in [2.24, 2.45) is 0 Å². The summed E-state index contributed by atoms with van der Waals surface area (Å²) in [5.41, 5.74) is 0.592. The molecule has 0 radical (unpaired) electrons. The number of nitrogens with one attached hydrogen (secondary N) is 1. The quantitative estimate of drug-likeness (QED) is 0.883. The Bertz CT molecular complexity index is 579. The van der Waals surface area contributed by atoms with E-state index in [4.69, 9.17) is 4.74 Å². The normalized spacial score (nSPS) is 19.7. The van der Waals surface area contributed by atoms with Crippen molar-refractivity contribution >= 4 is 11.7 Å². The van der Waals surface area contributed by atoms with Crippen molar-refractivity contribution in [3.63, 3.8) is 0 Å². The van der Waals surface area contributed by atoms with Gasteiger partial charge < -0.3 is 15.0 Å². The number of piperidine rings is 1. The second-order valence-corrected chi connectivity index (χ2v) is 7.52. The largest absolute Gasteiger partial charge is 0.379 e. The highest BCUT2D eigenvalue weighted by Gasteiger charge is 2.29. The fraction of sp³-hybridized carbons (Fsp3) is 0.684. The second kappa shape index (κ2) is 8.15. The number of carbonyl (C=O) groups excluding carboxylic acids is 1. The van der Waals surface area contributed by atoms with E-state index in [2.05, 4.69) is 33.9 Å². The minimum Gasteiger partial charge on any atom is -0.379 e. The predicted molar refractivity (Wildman–Crippen MR) is 99.1 cm³/mol. The maximum Gasteiger partial charge on any atom is 0.255 e. The van der Waals surface area contributed by atoms with Crippen molar-refractivity contribution in [3.05, 3.63) is 23.9 Å². The van der Waals surface area contributed by atoms with E-state index in [0.717, 1.165) is 45.2 Å². The van der Waals surface area contributed by atoms with Gasteiger partial charge in [-0.2, -0.15) is 0 Å². The van der Waals surface area contributed by atoms with Gasteiger partial charge in [-0.1, -0.05) is 0 Å². The fourth-order valence-corrected chi connectivity index (χ4v) is 3.60. The van der Waals surface area contributed by atoms with Gasteiger partial charge in [-0.3, -0.25) is 9.69 Å². The lowest BCUT2D eigenvalue weighted by atomic mass is 10.0. The van der Waals surface area contributed by atoms with Crippen LogP contribution in [0.15, 0.2) is 18.3 Å². The molecule has 138 valence electrons. The first kappa shape index (κ1) is 18.1. The first-order valence-electron chi connectivity index (χ1n) is 9.39. The number of hydrogen-bond donors (Lipinski definition) is 1. The molecule has 6 heteroatoms. The van der Waals surface area contributed by atoms with E-state index in [1.807, 2.05) is 12.1 Å². The molecule has 3 heterocycles. The number of hydrogen-bond acceptors (Lipinski definition) is 5. The summed E-state index contributed by atoms with van der Waals surface area (Å²) in [6.45, 7) is 10.3. The lowest BCUT2D eigenvalue weighted by Gasteiger charge is -2.40. The molecule has 25 heavy (non-hydrogen) atoms. The SMILES string of the molecule is CC(C)(CNC(=O)c1cccnc1N1CCCCC1)N1CCOCC1. The van der Waals surface area contributed by atoms with E-state index in [-0.39, 0.29) is 11.4 Å². The third kappa shape index (κ3) is 4.50. The van der Waals surface area contributed by atoms with Crippen LogP contribution in [0, 0.1) is 0 Å². The van der Waals surface area contributed by atoms with E-state index in [9.17, 15) is 4.79 Å². The third-order valence-corrected chi connectivity index (χ3v) is 5.24. The zero-order valence-corrected chi connectivity index (χ0v) is 15.5. The van der Waals surface area contributed by atoms with Crippen molar-refractivity contribution in [1.82, 2.24) is 15.2 Å². The number of pyridine rings is 1. The molecule has 1 aromatic rings. The Kier molecular flexibility index (Phi) is 5.91. The van der Waals surface area contributed by atoms with Gasteiger partial charge in [-0.15, -0.1) is 0 Å². The maximum absolute atomic E-state index is 12.8. The van der Waals surface area contributed by atoms with Crippen LogP contribution < -0.4 is 10.2 Å². The number of aromatic nitrogens is 1. The van der Waals surface area contributed by atoms with Crippen LogP contribution in [0.2, 0.25) is 0 Å². The number of nitrogens with zero attached hydrogens (tertiary/aromatic N) is 3. The molecule has 0 aliphatic carbocycles. The number of carbonyl (C=O) groups is 1. The lowest BCUT2D eigenvalue weighted by Crippen LogP contribution is -2.55. The standard InChI is InChI=1S/C19H30N4O2/c1-19(2,23-11-13-25-14-12-23)15-21-18(24)16-7-6-8-20-17(16)22-9-4-3-5-10-22/h6-8H,3-5,9-15H2,1-2H3,(H,21,24). The molecule has 0 saturated carbocycles. The number of rotatable bonds is 5. The fourth-order valence-electron chi connectivity index (χ4n) is 3.60. The molecule has 0 aromatic carbocycles. The highest BCUT2D eigenvalue weighted by atomic mass is 16.5. The number of anilines is 1. The smallest absolute Gasteiger partial charge is 0.255 e. The maximum atomic E-state index is 12.8. The van der Waals surface area contributed by atoms with Gasteiger partial charge in [-0.05, 0) is 45.2 Å². The van der Waals surface area contributed by atoms with Crippen LogP contribution in [0.25, 0.3) is 0 Å². The van der Waals surface area contributed by atoms with Gasteiger partial charge in [0.25, 0.3) is 5.91 Å². The van der Waals surface area contributed by atoms with Crippen LogP contribution in [-0.2, 0) is 4.74 Å². The van der Waals surface area contributed by atoms with Gasteiger partial charge in [0.2, 0.25) is 0 Å². The molecule has 2 fully saturated rings. The molecule has 0 spiro atoms. The molecule has 2 aliphatic heterocycles. The molecule has 0 atom stereocenters. The first-order chi connectivity index (χ1) is 12.1. The summed E-state index contributed by atoms with van der Waals surface area (Å²) in [4.78, 5) is 21.9. The van der Waals surface area contributed by atoms with Crippen LogP contribution in [0.4, 0.5) is 5.82 Å².